The fourth-order valence-electron chi connectivity index (χ4n) is 3.25. The van der Waals surface area contributed by atoms with E-state index in [1.54, 1.807) is 12.1 Å². The van der Waals surface area contributed by atoms with Crippen molar-refractivity contribution in [1.29, 1.82) is 0 Å². The molecule has 22 heavy (non-hydrogen) atoms. The van der Waals surface area contributed by atoms with Crippen LogP contribution in [-0.4, -0.2) is 56.8 Å². The molecule has 1 aromatic rings. The fraction of sp³-hybridized carbons (Fsp3) is 0.533. The number of halogens is 1. The molecule has 1 N–H and O–H groups in total. The molecule has 3 aliphatic rings. The van der Waals surface area contributed by atoms with Gasteiger partial charge in [0.25, 0.3) is 0 Å². The molecule has 1 amide bonds. The first kappa shape index (κ1) is 13.8. The van der Waals surface area contributed by atoms with Gasteiger partial charge in [-0.2, -0.15) is 0 Å². The molecule has 7 heteroatoms. The van der Waals surface area contributed by atoms with Crippen LogP contribution in [0.15, 0.2) is 18.2 Å². The molecule has 118 valence electrons. The van der Waals surface area contributed by atoms with E-state index in [1.165, 1.54) is 11.0 Å². The Labute approximate surface area is 127 Å². The monoisotopic (exact) mass is 308 g/mol. The zero-order valence-electron chi connectivity index (χ0n) is 12.0. The number of carbonyl (C=O) groups excluding carboxylic acids is 1. The largest absolute Gasteiger partial charge is 0.441 e. The molecule has 3 fully saturated rings. The van der Waals surface area contributed by atoms with Crippen molar-refractivity contribution in [1.82, 2.24) is 0 Å². The average Bonchev–Trinajstić information content (AvgIpc) is 2.78. The van der Waals surface area contributed by atoms with Gasteiger partial charge in [-0.1, -0.05) is 0 Å². The molecule has 0 radical (unpaired) electrons. The van der Waals surface area contributed by atoms with Crippen molar-refractivity contribution in [3.63, 3.8) is 0 Å². The van der Waals surface area contributed by atoms with Gasteiger partial charge in [-0.05, 0) is 18.2 Å². The second-order valence-electron chi connectivity index (χ2n) is 6.28. The molecule has 4 rings (SSSR count). The van der Waals surface area contributed by atoms with Crippen molar-refractivity contribution in [2.45, 2.75) is 6.10 Å². The lowest BCUT2D eigenvalue weighted by atomic mass is 9.78. The number of amides is 1. The number of benzene rings is 1. The van der Waals surface area contributed by atoms with Gasteiger partial charge in [-0.3, -0.25) is 4.90 Å². The minimum Gasteiger partial charge on any atom is -0.441 e. The predicted molar refractivity (Wildman–Crippen MR) is 76.6 cm³/mol. The first-order chi connectivity index (χ1) is 10.6. The second kappa shape index (κ2) is 4.82. The van der Waals surface area contributed by atoms with Crippen molar-refractivity contribution < 1.29 is 23.8 Å². The van der Waals surface area contributed by atoms with E-state index in [9.17, 15) is 9.18 Å². The number of cyclic esters (lactones) is 1. The highest BCUT2D eigenvalue weighted by molar-refractivity contribution is 5.90. The molecule has 1 spiro atoms. The molecule has 3 aliphatic heterocycles. The molecule has 0 aliphatic carbocycles. The van der Waals surface area contributed by atoms with Crippen molar-refractivity contribution >= 4 is 17.5 Å². The summed E-state index contributed by atoms with van der Waals surface area (Å²) in [7, 11) is 0. The Morgan fingerprint density at radius 2 is 2.14 bits per heavy atom. The van der Waals surface area contributed by atoms with Gasteiger partial charge in [-0.15, -0.1) is 0 Å². The lowest BCUT2D eigenvalue weighted by Crippen LogP contribution is -2.66. The summed E-state index contributed by atoms with van der Waals surface area (Å²) in [6.45, 7) is 3.12. The summed E-state index contributed by atoms with van der Waals surface area (Å²) in [5.74, 6) is -0.354. The van der Waals surface area contributed by atoms with Crippen LogP contribution in [0.5, 0.6) is 0 Å². The van der Waals surface area contributed by atoms with E-state index in [0.29, 0.717) is 11.4 Å². The zero-order valence-corrected chi connectivity index (χ0v) is 12.0. The molecular formula is C15H17FN2O4. The minimum absolute atomic E-state index is 0.220. The Balaban J connectivity index is 1.50. The lowest BCUT2D eigenvalue weighted by molar-refractivity contribution is -0.127. The molecular weight excluding hydrogens is 291 g/mol. The Morgan fingerprint density at radius 3 is 2.68 bits per heavy atom. The Bertz CT molecular complexity index is 612. The van der Waals surface area contributed by atoms with Crippen LogP contribution in [0.1, 0.15) is 0 Å². The molecule has 0 bridgehead atoms. The third kappa shape index (κ3) is 2.04. The summed E-state index contributed by atoms with van der Waals surface area (Å²) >= 11 is 0. The van der Waals surface area contributed by atoms with Crippen molar-refractivity contribution in [3.05, 3.63) is 24.0 Å². The van der Waals surface area contributed by atoms with Crippen LogP contribution in [0, 0.1) is 11.2 Å². The summed E-state index contributed by atoms with van der Waals surface area (Å²) in [5.41, 5.74) is 1.22. The van der Waals surface area contributed by atoms with Crippen molar-refractivity contribution in [2.24, 2.45) is 5.41 Å². The van der Waals surface area contributed by atoms with Crippen LogP contribution in [-0.2, 0) is 9.47 Å². The maximum absolute atomic E-state index is 14.4. The zero-order chi connectivity index (χ0) is 15.3. The van der Waals surface area contributed by atoms with Gasteiger partial charge in [0.1, 0.15) is 11.9 Å². The third-order valence-electron chi connectivity index (χ3n) is 4.53. The number of ether oxygens (including phenoxy) is 2. The Kier molecular flexibility index (Phi) is 3.02. The van der Waals surface area contributed by atoms with Gasteiger partial charge in [0.2, 0.25) is 0 Å². The Morgan fingerprint density at radius 1 is 1.36 bits per heavy atom. The summed E-state index contributed by atoms with van der Waals surface area (Å²) in [5, 5.41) is 9.04. The van der Waals surface area contributed by atoms with Crippen molar-refractivity contribution in [3.8, 4) is 0 Å². The van der Waals surface area contributed by atoms with Crippen LogP contribution in [0.2, 0.25) is 0 Å². The molecule has 1 atom stereocenters. The first-order valence-corrected chi connectivity index (χ1v) is 7.31. The molecule has 0 saturated carbocycles. The van der Waals surface area contributed by atoms with E-state index in [1.807, 2.05) is 4.90 Å². The number of anilines is 2. The SMILES string of the molecule is O=C1O[C@@H](CO)CN1c1ccc(N2CC3(COC3)C2)c(F)c1. The number of aliphatic hydroxyl groups excluding tert-OH is 1. The van der Waals surface area contributed by atoms with Crippen LogP contribution in [0.25, 0.3) is 0 Å². The van der Waals surface area contributed by atoms with E-state index in [0.717, 1.165) is 26.3 Å². The standard InChI is InChI=1S/C15H17FN2O4/c16-12-3-10(18-4-11(5-19)22-14(18)20)1-2-13(12)17-6-15(7-17)8-21-9-15/h1-3,11,19H,4-9H2/t11-/m1/s1. The highest BCUT2D eigenvalue weighted by Gasteiger charge is 2.49. The maximum atomic E-state index is 14.4. The normalized spacial score (nSPS) is 25.9. The molecule has 0 unspecified atom stereocenters. The molecule has 1 aromatic carbocycles. The van der Waals surface area contributed by atoms with E-state index in [-0.39, 0.29) is 24.4 Å². The molecule has 0 aromatic heterocycles. The number of rotatable bonds is 3. The van der Waals surface area contributed by atoms with Crippen LogP contribution in [0.3, 0.4) is 0 Å². The Hall–Kier alpha value is -1.86. The summed E-state index contributed by atoms with van der Waals surface area (Å²) in [6, 6.07) is 4.75. The fourth-order valence-corrected chi connectivity index (χ4v) is 3.25. The predicted octanol–water partition coefficient (Wildman–Crippen LogP) is 0.980. The van der Waals surface area contributed by atoms with Gasteiger partial charge in [0, 0.05) is 13.1 Å². The number of carbonyl (C=O) groups is 1. The van der Waals surface area contributed by atoms with Gasteiger partial charge >= 0.3 is 6.09 Å². The van der Waals surface area contributed by atoms with Crippen LogP contribution < -0.4 is 9.80 Å². The highest BCUT2D eigenvalue weighted by atomic mass is 19.1. The van der Waals surface area contributed by atoms with E-state index >= 15 is 0 Å². The van der Waals surface area contributed by atoms with Gasteiger partial charge in [0.05, 0.1) is 43.2 Å². The van der Waals surface area contributed by atoms with Gasteiger partial charge in [-0.25, -0.2) is 9.18 Å². The maximum Gasteiger partial charge on any atom is 0.414 e. The summed E-state index contributed by atoms with van der Waals surface area (Å²) in [4.78, 5) is 15.0. The number of hydrogen-bond donors (Lipinski definition) is 1. The molecule has 6 nitrogen and oxygen atoms in total. The van der Waals surface area contributed by atoms with E-state index < -0.39 is 12.2 Å². The lowest BCUT2D eigenvalue weighted by Gasteiger charge is -2.56. The topological polar surface area (TPSA) is 62.2 Å². The van der Waals surface area contributed by atoms with Crippen molar-refractivity contribution in [2.75, 3.05) is 49.3 Å². The number of nitrogens with zero attached hydrogens (tertiary/aromatic N) is 2. The first-order valence-electron chi connectivity index (χ1n) is 7.31. The number of aliphatic hydroxyl groups is 1. The quantitative estimate of drug-likeness (QED) is 0.902. The van der Waals surface area contributed by atoms with Crippen LogP contribution >= 0.6 is 0 Å². The summed E-state index contributed by atoms with van der Waals surface area (Å²) in [6.07, 6.45) is -1.11. The minimum atomic E-state index is -0.555. The van der Waals surface area contributed by atoms with Gasteiger partial charge in [0.15, 0.2) is 0 Å². The van der Waals surface area contributed by atoms with E-state index in [4.69, 9.17) is 14.6 Å². The third-order valence-corrected chi connectivity index (χ3v) is 4.53. The number of hydrogen-bond acceptors (Lipinski definition) is 5. The van der Waals surface area contributed by atoms with E-state index in [2.05, 4.69) is 0 Å². The molecule has 3 heterocycles. The molecule has 3 saturated heterocycles. The van der Waals surface area contributed by atoms with Gasteiger partial charge < -0.3 is 19.5 Å². The smallest absolute Gasteiger partial charge is 0.414 e. The highest BCUT2D eigenvalue weighted by Crippen LogP contribution is 2.41. The average molecular weight is 308 g/mol. The summed E-state index contributed by atoms with van der Waals surface area (Å²) < 4.78 is 24.5. The second-order valence-corrected chi connectivity index (χ2v) is 6.28. The van der Waals surface area contributed by atoms with Crippen LogP contribution in [0.4, 0.5) is 20.6 Å².